The molecule has 1 aliphatic rings. The van der Waals surface area contributed by atoms with Crippen LogP contribution in [0.3, 0.4) is 0 Å². The first-order chi connectivity index (χ1) is 11.7. The molecule has 0 saturated heterocycles. The largest absolute Gasteiger partial charge is 0.294 e. The van der Waals surface area contributed by atoms with Gasteiger partial charge < -0.3 is 0 Å². The van der Waals surface area contributed by atoms with Gasteiger partial charge in [0.15, 0.2) is 0 Å². The fourth-order valence-corrected chi connectivity index (χ4v) is 3.06. The molecule has 0 aliphatic carbocycles. The summed E-state index contributed by atoms with van der Waals surface area (Å²) in [5, 5.41) is 15.9. The van der Waals surface area contributed by atoms with Gasteiger partial charge in [0, 0.05) is 13.0 Å². The molecule has 0 fully saturated rings. The van der Waals surface area contributed by atoms with Gasteiger partial charge in [0.05, 0.1) is 5.56 Å². The van der Waals surface area contributed by atoms with Crippen LogP contribution in [0, 0.1) is 6.92 Å². The average Bonchev–Trinajstić information content (AvgIpc) is 3.29. The first-order valence-electron chi connectivity index (χ1n) is 8.10. The zero-order valence-corrected chi connectivity index (χ0v) is 13.7. The third-order valence-corrected chi connectivity index (χ3v) is 4.31. The summed E-state index contributed by atoms with van der Waals surface area (Å²) in [6, 6.07) is 0. The molecule has 0 radical (unpaired) electrons. The molecule has 0 spiro atoms. The van der Waals surface area contributed by atoms with E-state index in [0.29, 0.717) is 29.4 Å². The molecule has 0 unspecified atom stereocenters. The minimum absolute atomic E-state index is 0.0962. The Morgan fingerprint density at radius 1 is 1.17 bits per heavy atom. The van der Waals surface area contributed by atoms with Gasteiger partial charge in [-0.2, -0.15) is 0 Å². The maximum atomic E-state index is 12.9. The predicted molar refractivity (Wildman–Crippen MR) is 87.7 cm³/mol. The summed E-state index contributed by atoms with van der Waals surface area (Å²) in [6.45, 7) is 4.71. The minimum atomic E-state index is -0.0962. The van der Waals surface area contributed by atoms with Gasteiger partial charge in [-0.1, -0.05) is 19.8 Å². The molecule has 124 valence electrons. The van der Waals surface area contributed by atoms with Gasteiger partial charge in [0.25, 0.3) is 5.56 Å². The quantitative estimate of drug-likeness (QED) is 0.669. The van der Waals surface area contributed by atoms with Crippen LogP contribution in [-0.4, -0.2) is 39.8 Å². The molecule has 9 heteroatoms. The fourth-order valence-electron chi connectivity index (χ4n) is 3.06. The molecule has 0 saturated carbocycles. The van der Waals surface area contributed by atoms with Crippen molar-refractivity contribution in [2.24, 2.45) is 4.99 Å². The highest BCUT2D eigenvalue weighted by atomic mass is 16.1. The second kappa shape index (κ2) is 5.66. The zero-order valence-electron chi connectivity index (χ0n) is 13.7. The van der Waals surface area contributed by atoms with E-state index in [-0.39, 0.29) is 5.56 Å². The summed E-state index contributed by atoms with van der Waals surface area (Å²) in [6.07, 6.45) is 6.88. The summed E-state index contributed by atoms with van der Waals surface area (Å²) >= 11 is 0. The van der Waals surface area contributed by atoms with Crippen molar-refractivity contribution >= 4 is 17.4 Å². The summed E-state index contributed by atoms with van der Waals surface area (Å²) in [7, 11) is 0. The van der Waals surface area contributed by atoms with E-state index in [1.165, 1.54) is 0 Å². The fraction of sp³-hybridized carbons (Fsp3) is 0.467. The van der Waals surface area contributed by atoms with Crippen molar-refractivity contribution in [1.82, 2.24) is 33.9 Å². The van der Waals surface area contributed by atoms with E-state index in [2.05, 4.69) is 32.3 Å². The lowest BCUT2D eigenvalue weighted by molar-refractivity contribution is 0.602. The molecular weight excluding hydrogens is 308 g/mol. The van der Waals surface area contributed by atoms with Crippen molar-refractivity contribution in [3.8, 4) is 0 Å². The molecule has 4 heterocycles. The van der Waals surface area contributed by atoms with Crippen LogP contribution < -0.4 is 5.56 Å². The lowest BCUT2D eigenvalue weighted by Gasteiger charge is -2.12. The van der Waals surface area contributed by atoms with Gasteiger partial charge in [-0.25, -0.2) is 9.39 Å². The Labute approximate surface area is 137 Å². The van der Waals surface area contributed by atoms with Crippen molar-refractivity contribution < 1.29 is 0 Å². The molecule has 3 aromatic rings. The topological polar surface area (TPSA) is 95.3 Å². The molecule has 0 aromatic carbocycles. The molecule has 0 bridgehead atoms. The Bertz CT molecular complexity index is 979. The summed E-state index contributed by atoms with van der Waals surface area (Å²) in [4.78, 5) is 17.5. The first-order valence-corrected chi connectivity index (χ1v) is 8.10. The van der Waals surface area contributed by atoms with Crippen LogP contribution in [0.1, 0.15) is 37.6 Å². The SMILES string of the molecule is CCCCCn1c2c(c(=O)n3c(C)nnc13)CC(n1cnnc1)=N2. The number of unbranched alkanes of at least 4 members (excludes halogenated alkanes) is 2. The summed E-state index contributed by atoms with van der Waals surface area (Å²) in [5.74, 6) is 2.58. The number of hydrogen-bond donors (Lipinski definition) is 0. The lowest BCUT2D eigenvalue weighted by atomic mass is 10.2. The van der Waals surface area contributed by atoms with Gasteiger partial charge in [-0.3, -0.25) is 13.9 Å². The molecule has 4 rings (SSSR count). The van der Waals surface area contributed by atoms with Gasteiger partial charge >= 0.3 is 0 Å². The molecule has 0 atom stereocenters. The molecule has 0 amide bonds. The number of nitrogens with zero attached hydrogens (tertiary/aromatic N) is 8. The van der Waals surface area contributed by atoms with Crippen molar-refractivity contribution in [1.29, 1.82) is 0 Å². The van der Waals surface area contributed by atoms with Crippen LogP contribution >= 0.6 is 0 Å². The van der Waals surface area contributed by atoms with E-state index in [0.717, 1.165) is 31.6 Å². The van der Waals surface area contributed by atoms with Crippen LogP contribution in [0.5, 0.6) is 0 Å². The summed E-state index contributed by atoms with van der Waals surface area (Å²) in [5.41, 5.74) is 0.576. The van der Waals surface area contributed by atoms with Crippen molar-refractivity contribution in [2.45, 2.75) is 46.1 Å². The van der Waals surface area contributed by atoms with E-state index in [9.17, 15) is 4.79 Å². The third-order valence-electron chi connectivity index (χ3n) is 4.31. The number of aryl methyl sites for hydroxylation is 2. The zero-order chi connectivity index (χ0) is 16.7. The van der Waals surface area contributed by atoms with Crippen LogP contribution in [0.15, 0.2) is 22.4 Å². The van der Waals surface area contributed by atoms with E-state index in [1.54, 1.807) is 28.5 Å². The molecule has 24 heavy (non-hydrogen) atoms. The van der Waals surface area contributed by atoms with E-state index >= 15 is 0 Å². The van der Waals surface area contributed by atoms with Gasteiger partial charge in [0.2, 0.25) is 5.78 Å². The Hall–Kier alpha value is -2.84. The highest BCUT2D eigenvalue weighted by molar-refractivity contribution is 5.93. The third kappa shape index (κ3) is 2.15. The monoisotopic (exact) mass is 326 g/mol. The second-order valence-corrected chi connectivity index (χ2v) is 5.92. The number of fused-ring (bicyclic) bond motifs is 2. The van der Waals surface area contributed by atoms with E-state index in [1.807, 2.05) is 4.57 Å². The van der Waals surface area contributed by atoms with E-state index in [4.69, 9.17) is 0 Å². The highest BCUT2D eigenvalue weighted by Gasteiger charge is 2.26. The number of aromatic nitrogens is 7. The maximum absolute atomic E-state index is 12.9. The van der Waals surface area contributed by atoms with Gasteiger partial charge in [-0.15, -0.1) is 20.4 Å². The molecule has 3 aromatic heterocycles. The van der Waals surface area contributed by atoms with Crippen LogP contribution in [0.2, 0.25) is 0 Å². The first kappa shape index (κ1) is 14.7. The number of hydrogen-bond acceptors (Lipinski definition) is 6. The average molecular weight is 326 g/mol. The van der Waals surface area contributed by atoms with Crippen LogP contribution in [-0.2, 0) is 13.0 Å². The molecule has 0 N–H and O–H groups in total. The van der Waals surface area contributed by atoms with Gasteiger partial charge in [0.1, 0.15) is 30.1 Å². The minimum Gasteiger partial charge on any atom is -0.294 e. The van der Waals surface area contributed by atoms with Crippen molar-refractivity contribution in [3.63, 3.8) is 0 Å². The van der Waals surface area contributed by atoms with Crippen LogP contribution in [0.4, 0.5) is 5.82 Å². The molecule has 1 aliphatic heterocycles. The predicted octanol–water partition coefficient (Wildman–Crippen LogP) is 1.12. The standard InChI is InChI=1S/C15H18N8O/c1-3-4-5-6-22-13-11(7-12(18-13)21-8-16-17-9-21)14(24)23-10(2)19-20-15(22)23/h8-9H,3-7H2,1-2H3. The Morgan fingerprint density at radius 3 is 2.71 bits per heavy atom. The highest BCUT2D eigenvalue weighted by Crippen LogP contribution is 2.26. The Morgan fingerprint density at radius 2 is 1.96 bits per heavy atom. The molecular formula is C15H18N8O. The van der Waals surface area contributed by atoms with Crippen LogP contribution in [0.25, 0.3) is 5.78 Å². The smallest absolute Gasteiger partial charge is 0.266 e. The summed E-state index contributed by atoms with van der Waals surface area (Å²) < 4.78 is 5.32. The Kier molecular flexibility index (Phi) is 3.47. The Balaban J connectivity index is 1.89. The van der Waals surface area contributed by atoms with E-state index < -0.39 is 0 Å². The molecule has 9 nitrogen and oxygen atoms in total. The van der Waals surface area contributed by atoms with Gasteiger partial charge in [-0.05, 0) is 13.3 Å². The number of aliphatic imine (C=N–C) groups is 1. The second-order valence-electron chi connectivity index (χ2n) is 5.92. The maximum Gasteiger partial charge on any atom is 0.266 e. The van der Waals surface area contributed by atoms with Crippen molar-refractivity contribution in [2.75, 3.05) is 0 Å². The normalized spacial score (nSPS) is 13.5. The number of rotatable bonds is 4. The lowest BCUT2D eigenvalue weighted by Crippen LogP contribution is -2.23. The van der Waals surface area contributed by atoms with Crippen molar-refractivity contribution in [3.05, 3.63) is 34.4 Å².